The van der Waals surface area contributed by atoms with E-state index in [9.17, 15) is 0 Å². The van der Waals surface area contributed by atoms with E-state index in [1.807, 2.05) is 20.0 Å². The van der Waals surface area contributed by atoms with E-state index in [0.29, 0.717) is 6.04 Å². The molecule has 1 aromatic heterocycles. The molecule has 1 aromatic carbocycles. The molecule has 0 aliphatic carbocycles. The summed E-state index contributed by atoms with van der Waals surface area (Å²) in [6, 6.07) is 12.9. The van der Waals surface area contributed by atoms with Gasteiger partial charge in [0, 0.05) is 28.9 Å². The summed E-state index contributed by atoms with van der Waals surface area (Å²) in [5.74, 6) is 0. The van der Waals surface area contributed by atoms with Crippen LogP contribution in [-0.2, 0) is 6.54 Å². The Bertz CT molecular complexity index is 613. The summed E-state index contributed by atoms with van der Waals surface area (Å²) in [6.45, 7) is 4.99. The van der Waals surface area contributed by atoms with Gasteiger partial charge in [-0.3, -0.25) is 4.98 Å². The molecule has 2 aromatic rings. The number of nitrogens with zero attached hydrogens (tertiary/aromatic N) is 2. The molecule has 1 atom stereocenters. The summed E-state index contributed by atoms with van der Waals surface area (Å²) in [7, 11) is 4.09. The quantitative estimate of drug-likeness (QED) is 0.883. The van der Waals surface area contributed by atoms with Crippen molar-refractivity contribution >= 4 is 21.6 Å². The van der Waals surface area contributed by atoms with Crippen LogP contribution in [-0.4, -0.2) is 19.1 Å². The van der Waals surface area contributed by atoms with Gasteiger partial charge in [-0.1, -0.05) is 28.1 Å². The molecule has 0 fully saturated rings. The Morgan fingerprint density at radius 1 is 1.29 bits per heavy atom. The van der Waals surface area contributed by atoms with Gasteiger partial charge in [-0.2, -0.15) is 0 Å². The predicted octanol–water partition coefficient (Wildman–Crippen LogP) is 4.07. The van der Waals surface area contributed by atoms with Gasteiger partial charge in [0.05, 0.1) is 12.2 Å². The summed E-state index contributed by atoms with van der Waals surface area (Å²) in [6.07, 6.45) is 0. The van der Waals surface area contributed by atoms with Crippen molar-refractivity contribution in [3.05, 3.63) is 57.8 Å². The van der Waals surface area contributed by atoms with Gasteiger partial charge in [-0.25, -0.2) is 0 Å². The van der Waals surface area contributed by atoms with Crippen molar-refractivity contribution in [3.8, 4) is 0 Å². The molecule has 0 aliphatic heterocycles. The first-order chi connectivity index (χ1) is 10.0. The molecule has 3 nitrogen and oxygen atoms in total. The topological polar surface area (TPSA) is 28.2 Å². The highest BCUT2D eigenvalue weighted by Crippen LogP contribution is 2.29. The number of pyridine rings is 1. The van der Waals surface area contributed by atoms with Crippen LogP contribution in [0.5, 0.6) is 0 Å². The van der Waals surface area contributed by atoms with Gasteiger partial charge < -0.3 is 10.2 Å². The number of hydrogen-bond donors (Lipinski definition) is 1. The Morgan fingerprint density at radius 3 is 2.71 bits per heavy atom. The molecular weight excluding hydrogens is 326 g/mol. The SMILES string of the molecule is CNC(C)c1ccc(Br)cc1N(C)Cc1cccc(C)n1. The van der Waals surface area contributed by atoms with Crippen molar-refractivity contribution in [1.82, 2.24) is 10.3 Å². The molecular formula is C17H22BrN3. The fraction of sp³-hybridized carbons (Fsp3) is 0.353. The highest BCUT2D eigenvalue weighted by Gasteiger charge is 2.13. The summed E-state index contributed by atoms with van der Waals surface area (Å²) >= 11 is 3.57. The highest BCUT2D eigenvalue weighted by atomic mass is 79.9. The maximum atomic E-state index is 4.59. The molecule has 0 bridgehead atoms. The maximum Gasteiger partial charge on any atom is 0.0600 e. The number of nitrogens with one attached hydrogen (secondary N) is 1. The minimum atomic E-state index is 0.306. The zero-order valence-electron chi connectivity index (χ0n) is 13.0. The largest absolute Gasteiger partial charge is 0.368 e. The monoisotopic (exact) mass is 347 g/mol. The van der Waals surface area contributed by atoms with Crippen LogP contribution in [0.3, 0.4) is 0 Å². The van der Waals surface area contributed by atoms with Crippen molar-refractivity contribution < 1.29 is 0 Å². The summed E-state index contributed by atoms with van der Waals surface area (Å²) in [5.41, 5.74) is 4.64. The van der Waals surface area contributed by atoms with Gasteiger partial charge in [0.25, 0.3) is 0 Å². The Hall–Kier alpha value is -1.39. The zero-order chi connectivity index (χ0) is 15.4. The number of rotatable bonds is 5. The van der Waals surface area contributed by atoms with Crippen molar-refractivity contribution in [2.45, 2.75) is 26.4 Å². The molecule has 0 spiro atoms. The van der Waals surface area contributed by atoms with Crippen molar-refractivity contribution in [1.29, 1.82) is 0 Å². The fourth-order valence-electron chi connectivity index (χ4n) is 2.38. The molecule has 112 valence electrons. The first-order valence-corrected chi connectivity index (χ1v) is 7.91. The number of halogens is 1. The third-order valence-corrected chi connectivity index (χ3v) is 4.14. The second kappa shape index (κ2) is 7.05. The molecule has 2 rings (SSSR count). The molecule has 1 N–H and O–H groups in total. The standard InChI is InChI=1S/C17H22BrN3/c1-12-6-5-7-15(20-12)11-21(4)17-10-14(18)8-9-16(17)13(2)19-3/h5-10,13,19H,11H2,1-4H3. The number of benzene rings is 1. The van der Waals surface area contributed by atoms with Crippen LogP contribution in [0, 0.1) is 6.92 Å². The minimum absolute atomic E-state index is 0.306. The second-order valence-corrected chi connectivity index (χ2v) is 6.26. The molecule has 0 saturated heterocycles. The van der Waals surface area contributed by atoms with E-state index in [1.165, 1.54) is 11.3 Å². The Balaban J connectivity index is 2.29. The average molecular weight is 348 g/mol. The average Bonchev–Trinajstić information content (AvgIpc) is 2.46. The van der Waals surface area contributed by atoms with E-state index in [1.54, 1.807) is 0 Å². The molecule has 4 heteroatoms. The summed E-state index contributed by atoms with van der Waals surface area (Å²) in [4.78, 5) is 6.83. The lowest BCUT2D eigenvalue weighted by atomic mass is 10.1. The second-order valence-electron chi connectivity index (χ2n) is 5.34. The van der Waals surface area contributed by atoms with E-state index in [-0.39, 0.29) is 0 Å². The molecule has 0 amide bonds. The van der Waals surface area contributed by atoms with Gasteiger partial charge in [0.2, 0.25) is 0 Å². The molecule has 21 heavy (non-hydrogen) atoms. The molecule has 1 heterocycles. The third kappa shape index (κ3) is 4.05. The Kier molecular flexibility index (Phi) is 5.37. The van der Waals surface area contributed by atoms with Crippen LogP contribution in [0.15, 0.2) is 40.9 Å². The first-order valence-electron chi connectivity index (χ1n) is 7.11. The van der Waals surface area contributed by atoms with Crippen LogP contribution in [0.4, 0.5) is 5.69 Å². The highest BCUT2D eigenvalue weighted by molar-refractivity contribution is 9.10. The number of anilines is 1. The zero-order valence-corrected chi connectivity index (χ0v) is 14.6. The van der Waals surface area contributed by atoms with Crippen molar-refractivity contribution in [3.63, 3.8) is 0 Å². The van der Waals surface area contributed by atoms with Crippen LogP contribution >= 0.6 is 15.9 Å². The lowest BCUT2D eigenvalue weighted by Crippen LogP contribution is -2.22. The molecule has 0 saturated carbocycles. The van der Waals surface area contributed by atoms with E-state index < -0.39 is 0 Å². The number of hydrogen-bond acceptors (Lipinski definition) is 3. The summed E-state index contributed by atoms with van der Waals surface area (Å²) < 4.78 is 1.09. The maximum absolute atomic E-state index is 4.59. The van der Waals surface area contributed by atoms with E-state index in [2.05, 4.69) is 75.4 Å². The smallest absolute Gasteiger partial charge is 0.0600 e. The van der Waals surface area contributed by atoms with Crippen molar-refractivity contribution in [2.24, 2.45) is 0 Å². The van der Waals surface area contributed by atoms with E-state index in [4.69, 9.17) is 0 Å². The number of aromatic nitrogens is 1. The Labute approximate surface area is 135 Å². The van der Waals surface area contributed by atoms with Crippen LogP contribution < -0.4 is 10.2 Å². The van der Waals surface area contributed by atoms with Gasteiger partial charge in [0.15, 0.2) is 0 Å². The summed E-state index contributed by atoms with van der Waals surface area (Å²) in [5, 5.41) is 3.31. The van der Waals surface area contributed by atoms with E-state index >= 15 is 0 Å². The van der Waals surface area contributed by atoms with Gasteiger partial charge >= 0.3 is 0 Å². The van der Waals surface area contributed by atoms with Gasteiger partial charge in [-0.05, 0) is 50.7 Å². The van der Waals surface area contributed by atoms with Gasteiger partial charge in [-0.15, -0.1) is 0 Å². The minimum Gasteiger partial charge on any atom is -0.368 e. The molecule has 1 unspecified atom stereocenters. The third-order valence-electron chi connectivity index (χ3n) is 3.65. The molecule has 0 aliphatic rings. The molecule has 0 radical (unpaired) electrons. The lowest BCUT2D eigenvalue weighted by molar-refractivity contribution is 0.649. The first kappa shape index (κ1) is 16.0. The normalized spacial score (nSPS) is 12.2. The van der Waals surface area contributed by atoms with Crippen LogP contribution in [0.1, 0.15) is 29.9 Å². The van der Waals surface area contributed by atoms with Crippen molar-refractivity contribution in [2.75, 3.05) is 19.0 Å². The van der Waals surface area contributed by atoms with Gasteiger partial charge in [0.1, 0.15) is 0 Å². The predicted molar refractivity (Wildman–Crippen MR) is 92.7 cm³/mol. The fourth-order valence-corrected chi connectivity index (χ4v) is 2.73. The lowest BCUT2D eigenvalue weighted by Gasteiger charge is -2.25. The number of aryl methyl sites for hydroxylation is 1. The van der Waals surface area contributed by atoms with E-state index in [0.717, 1.165) is 22.4 Å². The van der Waals surface area contributed by atoms with Crippen LogP contribution in [0.2, 0.25) is 0 Å². The Morgan fingerprint density at radius 2 is 2.05 bits per heavy atom. The van der Waals surface area contributed by atoms with Crippen LogP contribution in [0.25, 0.3) is 0 Å².